The van der Waals surface area contributed by atoms with Gasteiger partial charge in [0, 0.05) is 23.7 Å². The van der Waals surface area contributed by atoms with E-state index in [2.05, 4.69) is 5.32 Å². The Morgan fingerprint density at radius 1 is 0.840 bits per heavy atom. The molecule has 0 atom stereocenters. The van der Waals surface area contributed by atoms with Gasteiger partial charge in [-0.15, -0.1) is 0 Å². The Hall–Kier alpha value is -3.47. The highest BCUT2D eigenvalue weighted by Crippen LogP contribution is 2.37. The van der Waals surface area contributed by atoms with Crippen molar-refractivity contribution in [3.8, 4) is 11.3 Å². The summed E-state index contributed by atoms with van der Waals surface area (Å²) in [4.78, 5) is 38.2. The average Bonchev–Trinajstić information content (AvgIpc) is 3.07. The van der Waals surface area contributed by atoms with Gasteiger partial charge in [-0.25, -0.2) is 0 Å². The van der Waals surface area contributed by atoms with Gasteiger partial charge in [0.15, 0.2) is 11.5 Å². The van der Waals surface area contributed by atoms with E-state index in [0.29, 0.717) is 5.56 Å². The number of hydrogen-bond acceptors (Lipinski definition) is 4. The van der Waals surface area contributed by atoms with Crippen molar-refractivity contribution in [2.75, 3.05) is 7.05 Å². The SMILES string of the molecule is CNC(=O)c1c(-c2ccccc2)oc2c1C(=O)c1ccccc1C2=O. The van der Waals surface area contributed by atoms with Gasteiger partial charge in [0.1, 0.15) is 5.76 Å². The first-order valence-corrected chi connectivity index (χ1v) is 7.76. The third kappa shape index (κ3) is 2.13. The van der Waals surface area contributed by atoms with Gasteiger partial charge < -0.3 is 9.73 Å². The lowest BCUT2D eigenvalue weighted by molar-refractivity contribution is 0.0944. The molecular formula is C20H13NO4. The van der Waals surface area contributed by atoms with E-state index in [1.807, 2.05) is 6.07 Å². The van der Waals surface area contributed by atoms with Crippen LogP contribution in [-0.2, 0) is 0 Å². The molecular weight excluding hydrogens is 318 g/mol. The van der Waals surface area contributed by atoms with Crippen LogP contribution in [0.25, 0.3) is 11.3 Å². The Kier molecular flexibility index (Phi) is 3.35. The molecule has 1 aliphatic carbocycles. The second-order valence-corrected chi connectivity index (χ2v) is 5.66. The summed E-state index contributed by atoms with van der Waals surface area (Å²) in [6, 6.07) is 15.5. The molecule has 5 heteroatoms. The van der Waals surface area contributed by atoms with Crippen molar-refractivity contribution in [3.05, 3.63) is 82.6 Å². The van der Waals surface area contributed by atoms with Crippen LogP contribution in [0.1, 0.15) is 42.4 Å². The first-order valence-electron chi connectivity index (χ1n) is 7.76. The molecule has 4 rings (SSSR count). The van der Waals surface area contributed by atoms with E-state index in [1.165, 1.54) is 7.05 Å². The standard InChI is InChI=1S/C20H13NO4/c1-21-20(24)15-14-16(22)12-9-5-6-10-13(12)17(23)19(14)25-18(15)11-7-3-2-4-8-11/h2-10H,1H3,(H,21,24). The van der Waals surface area contributed by atoms with E-state index >= 15 is 0 Å². The molecule has 122 valence electrons. The van der Waals surface area contributed by atoms with Gasteiger partial charge >= 0.3 is 0 Å². The molecule has 1 heterocycles. The van der Waals surface area contributed by atoms with Crippen LogP contribution in [0, 0.1) is 0 Å². The van der Waals surface area contributed by atoms with E-state index in [4.69, 9.17) is 4.42 Å². The molecule has 0 saturated carbocycles. The van der Waals surface area contributed by atoms with E-state index in [1.54, 1.807) is 48.5 Å². The number of nitrogens with one attached hydrogen (secondary N) is 1. The smallest absolute Gasteiger partial charge is 0.255 e. The number of rotatable bonds is 2. The quantitative estimate of drug-likeness (QED) is 0.612. The fourth-order valence-corrected chi connectivity index (χ4v) is 3.08. The Bertz CT molecular complexity index is 1030. The van der Waals surface area contributed by atoms with Crippen LogP contribution in [0.2, 0.25) is 0 Å². The zero-order valence-corrected chi connectivity index (χ0v) is 13.3. The Labute approximate surface area is 143 Å². The number of ketones is 2. The van der Waals surface area contributed by atoms with Crippen LogP contribution in [0.5, 0.6) is 0 Å². The highest BCUT2D eigenvalue weighted by Gasteiger charge is 2.39. The van der Waals surface area contributed by atoms with Crippen molar-refractivity contribution >= 4 is 17.5 Å². The monoisotopic (exact) mass is 331 g/mol. The molecule has 2 aromatic carbocycles. The molecule has 0 fully saturated rings. The summed E-state index contributed by atoms with van der Waals surface area (Å²) in [5, 5.41) is 2.52. The van der Waals surface area contributed by atoms with Crippen LogP contribution >= 0.6 is 0 Å². The zero-order chi connectivity index (χ0) is 17.6. The zero-order valence-electron chi connectivity index (χ0n) is 13.3. The van der Waals surface area contributed by atoms with Gasteiger partial charge in [-0.2, -0.15) is 0 Å². The molecule has 1 aliphatic rings. The second-order valence-electron chi connectivity index (χ2n) is 5.66. The maximum Gasteiger partial charge on any atom is 0.255 e. The maximum absolute atomic E-state index is 12.9. The highest BCUT2D eigenvalue weighted by molar-refractivity contribution is 6.30. The third-order valence-corrected chi connectivity index (χ3v) is 4.25. The van der Waals surface area contributed by atoms with Gasteiger partial charge in [0.05, 0.1) is 11.1 Å². The van der Waals surface area contributed by atoms with Gasteiger partial charge in [-0.3, -0.25) is 14.4 Å². The molecule has 0 bridgehead atoms. The summed E-state index contributed by atoms with van der Waals surface area (Å²) in [6.45, 7) is 0. The Morgan fingerprint density at radius 2 is 1.44 bits per heavy atom. The van der Waals surface area contributed by atoms with Gasteiger partial charge in [0.25, 0.3) is 5.91 Å². The van der Waals surface area contributed by atoms with Crippen LogP contribution in [0.15, 0.2) is 59.0 Å². The van der Waals surface area contributed by atoms with Crippen molar-refractivity contribution < 1.29 is 18.8 Å². The van der Waals surface area contributed by atoms with Crippen molar-refractivity contribution in [3.63, 3.8) is 0 Å². The molecule has 1 aromatic heterocycles. The molecule has 0 spiro atoms. The van der Waals surface area contributed by atoms with Gasteiger partial charge in [-0.1, -0.05) is 54.6 Å². The summed E-state index contributed by atoms with van der Waals surface area (Å²) < 4.78 is 5.75. The number of benzene rings is 2. The van der Waals surface area contributed by atoms with Crippen molar-refractivity contribution in [2.45, 2.75) is 0 Å². The highest BCUT2D eigenvalue weighted by atomic mass is 16.4. The largest absolute Gasteiger partial charge is 0.451 e. The predicted molar refractivity (Wildman–Crippen MR) is 90.8 cm³/mol. The summed E-state index contributed by atoms with van der Waals surface area (Å²) in [5.74, 6) is -1.10. The number of fused-ring (bicyclic) bond motifs is 2. The van der Waals surface area contributed by atoms with E-state index in [-0.39, 0.29) is 39.6 Å². The van der Waals surface area contributed by atoms with E-state index in [0.717, 1.165) is 0 Å². The summed E-state index contributed by atoms with van der Waals surface area (Å²) in [5.41, 5.74) is 1.32. The Morgan fingerprint density at radius 3 is 2.08 bits per heavy atom. The number of carbonyl (C=O) groups is 3. The van der Waals surface area contributed by atoms with Gasteiger partial charge in [0.2, 0.25) is 5.78 Å². The molecule has 0 saturated heterocycles. The molecule has 0 aliphatic heterocycles. The van der Waals surface area contributed by atoms with Crippen LogP contribution < -0.4 is 5.32 Å². The minimum absolute atomic E-state index is 0.0295. The summed E-state index contributed by atoms with van der Waals surface area (Å²) >= 11 is 0. The fourth-order valence-electron chi connectivity index (χ4n) is 3.08. The lowest BCUT2D eigenvalue weighted by atomic mass is 9.86. The van der Waals surface area contributed by atoms with Gasteiger partial charge in [-0.05, 0) is 0 Å². The lowest BCUT2D eigenvalue weighted by Crippen LogP contribution is -2.25. The van der Waals surface area contributed by atoms with Crippen molar-refractivity contribution in [1.29, 1.82) is 0 Å². The van der Waals surface area contributed by atoms with Crippen LogP contribution in [0.4, 0.5) is 0 Å². The summed E-state index contributed by atoms with van der Waals surface area (Å²) in [6.07, 6.45) is 0. The number of carbonyl (C=O) groups excluding carboxylic acids is 3. The molecule has 1 amide bonds. The van der Waals surface area contributed by atoms with Crippen LogP contribution in [0.3, 0.4) is 0 Å². The average molecular weight is 331 g/mol. The normalized spacial score (nSPS) is 12.5. The summed E-state index contributed by atoms with van der Waals surface area (Å²) in [7, 11) is 1.47. The first kappa shape index (κ1) is 15.1. The number of amides is 1. The maximum atomic E-state index is 12.9. The molecule has 0 radical (unpaired) electrons. The fraction of sp³-hybridized carbons (Fsp3) is 0.0500. The molecule has 25 heavy (non-hydrogen) atoms. The molecule has 0 unspecified atom stereocenters. The number of hydrogen-bond donors (Lipinski definition) is 1. The van der Waals surface area contributed by atoms with Crippen molar-refractivity contribution in [1.82, 2.24) is 5.32 Å². The Balaban J connectivity index is 2.04. The van der Waals surface area contributed by atoms with Crippen molar-refractivity contribution in [2.24, 2.45) is 0 Å². The molecule has 1 N–H and O–H groups in total. The van der Waals surface area contributed by atoms with Crippen LogP contribution in [-0.4, -0.2) is 24.5 Å². The second kappa shape index (κ2) is 5.56. The van der Waals surface area contributed by atoms with E-state index < -0.39 is 11.7 Å². The minimum Gasteiger partial charge on any atom is -0.451 e. The topological polar surface area (TPSA) is 76.4 Å². The van der Waals surface area contributed by atoms with E-state index in [9.17, 15) is 14.4 Å². The predicted octanol–water partition coefficient (Wildman–Crippen LogP) is 3.08. The molecule has 3 aromatic rings. The number of furan rings is 1. The third-order valence-electron chi connectivity index (χ3n) is 4.25. The minimum atomic E-state index is -0.468. The molecule has 5 nitrogen and oxygen atoms in total. The lowest BCUT2D eigenvalue weighted by Gasteiger charge is -2.13. The first-order chi connectivity index (χ1) is 12.1.